The lowest BCUT2D eigenvalue weighted by atomic mass is 10.2. The summed E-state index contributed by atoms with van der Waals surface area (Å²) < 4.78 is 5.11. The van der Waals surface area contributed by atoms with E-state index in [0.717, 1.165) is 26.0 Å². The molecule has 1 unspecified atom stereocenters. The van der Waals surface area contributed by atoms with Gasteiger partial charge in [-0.3, -0.25) is 14.5 Å². The molecule has 1 saturated heterocycles. The minimum Gasteiger partial charge on any atom is -0.497 e. The lowest BCUT2D eigenvalue weighted by molar-refractivity contribution is -0.901. The third-order valence-electron chi connectivity index (χ3n) is 3.68. The fourth-order valence-electron chi connectivity index (χ4n) is 2.53. The van der Waals surface area contributed by atoms with Crippen molar-refractivity contribution in [1.29, 1.82) is 0 Å². The van der Waals surface area contributed by atoms with E-state index in [2.05, 4.69) is 0 Å². The fourth-order valence-corrected chi connectivity index (χ4v) is 2.53. The lowest BCUT2D eigenvalue weighted by Gasteiger charge is -2.20. The quantitative estimate of drug-likeness (QED) is 0.561. The van der Waals surface area contributed by atoms with E-state index in [1.807, 2.05) is 38.2 Å². The number of carbonyl (C=O) groups is 3. The molecule has 1 N–H and O–H groups in total. The molecular weight excluding hydrogens is 298 g/mol. The van der Waals surface area contributed by atoms with E-state index in [1.54, 1.807) is 7.11 Å². The number of hydrogen-bond donors (Lipinski definition) is 1. The first-order chi connectivity index (χ1) is 11.0. The van der Waals surface area contributed by atoms with Crippen molar-refractivity contribution < 1.29 is 24.0 Å². The molecule has 23 heavy (non-hydrogen) atoms. The number of quaternary nitrogens is 1. The molecule has 1 aromatic rings. The van der Waals surface area contributed by atoms with E-state index >= 15 is 0 Å². The zero-order chi connectivity index (χ0) is 17.0. The second kappa shape index (κ2) is 7.23. The lowest BCUT2D eigenvalue weighted by Crippen LogP contribution is -3.09. The normalized spacial score (nSPS) is 16.2. The number of benzene rings is 1. The Hall–Kier alpha value is -2.41. The maximum Gasteiger partial charge on any atom is 0.338 e. The number of rotatable bonds is 7. The van der Waals surface area contributed by atoms with Crippen LogP contribution in [0.3, 0.4) is 0 Å². The highest BCUT2D eigenvalue weighted by atomic mass is 16.5. The SMILES string of the molecule is CCCN1C(=O)C(=O)N(C[NH+](C)Cc2ccc(OC)cc2)C1=O. The average molecular weight is 320 g/mol. The van der Waals surface area contributed by atoms with Gasteiger partial charge in [-0.25, -0.2) is 9.69 Å². The topological polar surface area (TPSA) is 71.4 Å². The summed E-state index contributed by atoms with van der Waals surface area (Å²) in [5.41, 5.74) is 1.05. The molecule has 1 fully saturated rings. The van der Waals surface area contributed by atoms with Crippen LogP contribution >= 0.6 is 0 Å². The number of methoxy groups -OCH3 is 1. The van der Waals surface area contributed by atoms with Crippen molar-refractivity contribution in [3.63, 3.8) is 0 Å². The molecule has 0 bridgehead atoms. The van der Waals surface area contributed by atoms with Crippen LogP contribution in [0.2, 0.25) is 0 Å². The molecular formula is C16H22N3O4+. The monoisotopic (exact) mass is 320 g/mol. The summed E-state index contributed by atoms with van der Waals surface area (Å²) in [4.78, 5) is 38.9. The van der Waals surface area contributed by atoms with E-state index in [0.29, 0.717) is 13.0 Å². The third kappa shape index (κ3) is 3.68. The molecule has 0 radical (unpaired) electrons. The van der Waals surface area contributed by atoms with Crippen LogP contribution in [0.4, 0.5) is 4.79 Å². The number of amides is 4. The van der Waals surface area contributed by atoms with Crippen molar-refractivity contribution >= 4 is 17.8 Å². The molecule has 1 aliphatic heterocycles. The van der Waals surface area contributed by atoms with Crippen molar-refractivity contribution in [3.05, 3.63) is 29.8 Å². The van der Waals surface area contributed by atoms with E-state index < -0.39 is 17.8 Å². The Bertz CT molecular complexity index is 600. The number of carbonyl (C=O) groups excluding carboxylic acids is 3. The van der Waals surface area contributed by atoms with E-state index in [4.69, 9.17) is 4.74 Å². The van der Waals surface area contributed by atoms with Crippen LogP contribution in [0.15, 0.2) is 24.3 Å². The summed E-state index contributed by atoms with van der Waals surface area (Å²) in [6.45, 7) is 2.92. The van der Waals surface area contributed by atoms with Gasteiger partial charge in [-0.2, -0.15) is 0 Å². The number of imide groups is 2. The van der Waals surface area contributed by atoms with Gasteiger partial charge in [0.05, 0.1) is 14.2 Å². The number of ether oxygens (including phenoxy) is 1. The number of nitrogens with zero attached hydrogens (tertiary/aromatic N) is 2. The van der Waals surface area contributed by atoms with Crippen LogP contribution in [-0.2, 0) is 16.1 Å². The van der Waals surface area contributed by atoms with Crippen molar-refractivity contribution in [3.8, 4) is 5.75 Å². The molecule has 0 aliphatic carbocycles. The Morgan fingerprint density at radius 2 is 1.65 bits per heavy atom. The molecule has 0 spiro atoms. The highest BCUT2D eigenvalue weighted by Crippen LogP contribution is 2.12. The van der Waals surface area contributed by atoms with Gasteiger partial charge in [0.25, 0.3) is 0 Å². The Labute approximate surface area is 135 Å². The molecule has 2 rings (SSSR count). The molecule has 7 heteroatoms. The molecule has 0 aromatic heterocycles. The van der Waals surface area contributed by atoms with Gasteiger partial charge in [0, 0.05) is 12.1 Å². The van der Waals surface area contributed by atoms with Crippen molar-refractivity contribution in [2.24, 2.45) is 0 Å². The van der Waals surface area contributed by atoms with E-state index in [9.17, 15) is 14.4 Å². The van der Waals surface area contributed by atoms with Gasteiger partial charge in [0.15, 0.2) is 6.67 Å². The average Bonchev–Trinajstić information content (AvgIpc) is 2.74. The van der Waals surface area contributed by atoms with E-state index in [-0.39, 0.29) is 13.2 Å². The Morgan fingerprint density at radius 1 is 1.04 bits per heavy atom. The Balaban J connectivity index is 1.98. The van der Waals surface area contributed by atoms with Gasteiger partial charge in [0.1, 0.15) is 12.3 Å². The molecule has 1 aromatic carbocycles. The molecule has 124 valence electrons. The van der Waals surface area contributed by atoms with Gasteiger partial charge in [0.2, 0.25) is 0 Å². The molecule has 1 aliphatic rings. The number of urea groups is 1. The van der Waals surface area contributed by atoms with Crippen molar-refractivity contribution in [1.82, 2.24) is 9.80 Å². The van der Waals surface area contributed by atoms with E-state index in [1.165, 1.54) is 0 Å². The summed E-state index contributed by atoms with van der Waals surface area (Å²) in [6.07, 6.45) is 0.632. The van der Waals surface area contributed by atoms with Crippen molar-refractivity contribution in [2.75, 3.05) is 27.4 Å². The van der Waals surface area contributed by atoms with Crippen LogP contribution < -0.4 is 9.64 Å². The predicted molar refractivity (Wildman–Crippen MR) is 82.7 cm³/mol. The summed E-state index contributed by atoms with van der Waals surface area (Å²) >= 11 is 0. The third-order valence-corrected chi connectivity index (χ3v) is 3.68. The van der Waals surface area contributed by atoms with Crippen LogP contribution in [0.1, 0.15) is 18.9 Å². The summed E-state index contributed by atoms with van der Waals surface area (Å²) in [7, 11) is 3.48. The summed E-state index contributed by atoms with van der Waals surface area (Å²) in [6, 6.07) is 7.08. The van der Waals surface area contributed by atoms with Gasteiger partial charge in [-0.05, 0) is 30.7 Å². The largest absolute Gasteiger partial charge is 0.497 e. The van der Waals surface area contributed by atoms with Crippen LogP contribution in [-0.4, -0.2) is 55.0 Å². The highest BCUT2D eigenvalue weighted by molar-refractivity contribution is 6.44. The Kier molecular flexibility index (Phi) is 5.33. The van der Waals surface area contributed by atoms with Crippen molar-refractivity contribution in [2.45, 2.75) is 19.9 Å². The van der Waals surface area contributed by atoms with Gasteiger partial charge >= 0.3 is 17.8 Å². The summed E-state index contributed by atoms with van der Waals surface area (Å²) in [5, 5.41) is 0. The first kappa shape index (κ1) is 17.0. The predicted octanol–water partition coefficient (Wildman–Crippen LogP) is -0.132. The van der Waals surface area contributed by atoms with Crippen LogP contribution in [0.5, 0.6) is 5.75 Å². The molecule has 0 saturated carbocycles. The van der Waals surface area contributed by atoms with Gasteiger partial charge in [-0.15, -0.1) is 0 Å². The van der Waals surface area contributed by atoms with Crippen LogP contribution in [0, 0.1) is 0 Å². The summed E-state index contributed by atoms with van der Waals surface area (Å²) in [5.74, 6) is -0.691. The standard InChI is InChI=1S/C16H21N3O4/c1-4-9-18-14(20)15(21)19(16(18)22)11-17(2)10-12-5-7-13(23-3)8-6-12/h5-8H,4,9-11H2,1-3H3/p+1. The van der Waals surface area contributed by atoms with Crippen LogP contribution in [0.25, 0.3) is 0 Å². The number of nitrogens with one attached hydrogen (secondary N) is 1. The Morgan fingerprint density at radius 3 is 2.22 bits per heavy atom. The van der Waals surface area contributed by atoms with Gasteiger partial charge in [-0.1, -0.05) is 6.92 Å². The minimum atomic E-state index is -0.738. The molecule has 1 heterocycles. The molecule has 4 amide bonds. The zero-order valence-corrected chi connectivity index (χ0v) is 13.7. The highest BCUT2D eigenvalue weighted by Gasteiger charge is 2.45. The maximum absolute atomic E-state index is 12.2. The molecule has 1 atom stereocenters. The fraction of sp³-hybridized carbons (Fsp3) is 0.438. The maximum atomic E-state index is 12.2. The minimum absolute atomic E-state index is 0.162. The first-order valence-electron chi connectivity index (χ1n) is 7.59. The van der Waals surface area contributed by atoms with Gasteiger partial charge < -0.3 is 9.64 Å². The molecule has 7 nitrogen and oxygen atoms in total. The second-order valence-corrected chi connectivity index (χ2v) is 5.61. The first-order valence-corrected chi connectivity index (χ1v) is 7.59. The number of hydrogen-bond acceptors (Lipinski definition) is 4. The zero-order valence-electron chi connectivity index (χ0n) is 13.7. The second-order valence-electron chi connectivity index (χ2n) is 5.61. The smallest absolute Gasteiger partial charge is 0.338 e.